The molecule has 2 fully saturated rings. The molecule has 0 aromatic heterocycles. The summed E-state index contributed by atoms with van der Waals surface area (Å²) in [6.07, 6.45) is 11.2. The van der Waals surface area contributed by atoms with Gasteiger partial charge in [-0.25, -0.2) is 0 Å². The highest BCUT2D eigenvalue weighted by molar-refractivity contribution is 7.39. The Morgan fingerprint density at radius 3 is 1.29 bits per heavy atom. The van der Waals surface area contributed by atoms with Gasteiger partial charge in [0.05, 0.1) is 11.3 Å². The van der Waals surface area contributed by atoms with Crippen LogP contribution in [0.1, 0.15) is 51.4 Å². The monoisotopic (exact) mass is 255 g/mol. The van der Waals surface area contributed by atoms with E-state index in [0.29, 0.717) is 8.58 Å². The Morgan fingerprint density at radius 2 is 0.941 bits per heavy atom. The van der Waals surface area contributed by atoms with E-state index in [1.54, 1.807) is 0 Å². The first-order chi connectivity index (χ1) is 8.45. The van der Waals surface area contributed by atoms with Crippen LogP contribution in [0.5, 0.6) is 0 Å². The first-order valence-electron chi connectivity index (χ1n) is 7.56. The number of rotatable bonds is 0. The van der Waals surface area contributed by atoms with E-state index in [-0.39, 0.29) is 0 Å². The largest absolute Gasteiger partial charge is 0.662 e. The lowest BCUT2D eigenvalue weighted by atomic mass is 10.1. The number of hydrogen-bond donors (Lipinski definition) is 0. The van der Waals surface area contributed by atoms with Crippen LogP contribution in [0.25, 0.3) is 10.6 Å². The lowest BCUT2D eigenvalue weighted by Crippen LogP contribution is -2.14. The summed E-state index contributed by atoms with van der Waals surface area (Å²) in [4.78, 5) is 0. The van der Waals surface area contributed by atoms with Crippen LogP contribution in [0.2, 0.25) is 0 Å². The fourth-order valence-corrected chi connectivity index (χ4v) is 5.63. The van der Waals surface area contributed by atoms with Crippen LogP contribution in [0, 0.1) is 0 Å². The number of nitrogens with zero attached hydrogens (tertiary/aromatic N) is 2. The van der Waals surface area contributed by atoms with E-state index in [9.17, 15) is 0 Å². The molecule has 0 aliphatic carbocycles. The van der Waals surface area contributed by atoms with Gasteiger partial charge >= 0.3 is 0 Å². The van der Waals surface area contributed by atoms with Crippen molar-refractivity contribution in [2.75, 3.05) is 26.2 Å². The van der Waals surface area contributed by atoms with E-state index in [0.717, 1.165) is 37.5 Å². The first kappa shape index (κ1) is 13.8. The van der Waals surface area contributed by atoms with E-state index < -0.39 is 0 Å². The van der Waals surface area contributed by atoms with E-state index in [2.05, 4.69) is 10.6 Å². The standard InChI is InChI=1S/C14H27N2P/c1-5-13-6-2-11-16-12-4-8-14(17-13)7-3-10-15-9-1/h13-14,17H,1-12H2/q-2/p+1. The molecule has 2 nitrogen and oxygen atoms in total. The fraction of sp³-hybridized carbons (Fsp3) is 1.00. The van der Waals surface area contributed by atoms with Crippen molar-refractivity contribution in [2.24, 2.45) is 0 Å². The van der Waals surface area contributed by atoms with Crippen molar-refractivity contribution in [2.45, 2.75) is 62.7 Å². The summed E-state index contributed by atoms with van der Waals surface area (Å²) in [6.45, 7) is 4.52. The molecule has 100 valence electrons. The Balaban J connectivity index is 1.87. The summed E-state index contributed by atoms with van der Waals surface area (Å²) in [5, 5.41) is 9.29. The second-order valence-electron chi connectivity index (χ2n) is 5.62. The van der Waals surface area contributed by atoms with Gasteiger partial charge in [-0.15, -0.1) is 26.2 Å². The first-order valence-corrected chi connectivity index (χ1v) is 8.90. The zero-order valence-electron chi connectivity index (χ0n) is 11.1. The highest BCUT2D eigenvalue weighted by Gasteiger charge is 2.21. The molecule has 0 atom stereocenters. The van der Waals surface area contributed by atoms with Crippen molar-refractivity contribution in [3.05, 3.63) is 10.6 Å². The van der Waals surface area contributed by atoms with Crippen LogP contribution in [-0.4, -0.2) is 37.5 Å². The summed E-state index contributed by atoms with van der Waals surface area (Å²) < 4.78 is 0. The highest BCUT2D eigenvalue weighted by atomic mass is 31.1. The van der Waals surface area contributed by atoms with Crippen molar-refractivity contribution < 1.29 is 0 Å². The average Bonchev–Trinajstić information content (AvgIpc) is 2.36. The lowest BCUT2D eigenvalue weighted by Gasteiger charge is -2.28. The van der Waals surface area contributed by atoms with Gasteiger partial charge in [0.1, 0.15) is 0 Å². The molecule has 2 aliphatic heterocycles. The zero-order valence-corrected chi connectivity index (χ0v) is 12.3. The number of fused-ring (bicyclic) bond motifs is 2. The van der Waals surface area contributed by atoms with Crippen molar-refractivity contribution in [1.29, 1.82) is 0 Å². The minimum absolute atomic E-state index is 0.697. The van der Waals surface area contributed by atoms with Crippen molar-refractivity contribution in [3.63, 3.8) is 0 Å². The summed E-state index contributed by atoms with van der Waals surface area (Å²) in [6, 6.07) is 0. The van der Waals surface area contributed by atoms with Gasteiger partial charge in [-0.05, 0) is 34.3 Å². The molecule has 0 unspecified atom stereocenters. The van der Waals surface area contributed by atoms with Crippen LogP contribution in [-0.2, 0) is 0 Å². The predicted molar refractivity (Wildman–Crippen MR) is 80.4 cm³/mol. The summed E-state index contributed by atoms with van der Waals surface area (Å²) in [7, 11) is 0.697. The minimum Gasteiger partial charge on any atom is -0.662 e. The maximum absolute atomic E-state index is 4.65. The van der Waals surface area contributed by atoms with Gasteiger partial charge in [0.2, 0.25) is 0 Å². The third-order valence-corrected chi connectivity index (χ3v) is 6.53. The summed E-state index contributed by atoms with van der Waals surface area (Å²) in [5.74, 6) is 0. The van der Waals surface area contributed by atoms with Gasteiger partial charge in [0.15, 0.2) is 0 Å². The molecule has 0 aromatic carbocycles. The van der Waals surface area contributed by atoms with Gasteiger partial charge in [-0.2, -0.15) is 0 Å². The van der Waals surface area contributed by atoms with Gasteiger partial charge in [-0.3, -0.25) is 0 Å². The molecule has 3 heteroatoms. The Hall–Kier alpha value is 0.350. The summed E-state index contributed by atoms with van der Waals surface area (Å²) >= 11 is 0. The molecule has 0 radical (unpaired) electrons. The third-order valence-electron chi connectivity index (χ3n) is 4.11. The second kappa shape index (κ2) is 8.45. The third kappa shape index (κ3) is 5.68. The SMILES string of the molecule is C1C[N-]CCCC2CCC[N-]CCCC(C1)[PH2+]2. The Morgan fingerprint density at radius 1 is 0.588 bits per heavy atom. The lowest BCUT2D eigenvalue weighted by molar-refractivity contribution is 0.590. The highest BCUT2D eigenvalue weighted by Crippen LogP contribution is 2.38. The summed E-state index contributed by atoms with van der Waals surface area (Å²) in [5.41, 5.74) is 2.11. The molecular formula is C14H28N2P-. The van der Waals surface area contributed by atoms with Crippen LogP contribution in [0.4, 0.5) is 0 Å². The normalized spacial score (nSPS) is 35.3. The van der Waals surface area contributed by atoms with E-state index in [4.69, 9.17) is 0 Å². The average molecular weight is 255 g/mol. The smallest absolute Gasteiger partial charge is 0.0654 e. The molecule has 0 saturated carbocycles. The fourth-order valence-electron chi connectivity index (χ4n) is 3.14. The minimum atomic E-state index is 0.697. The molecule has 2 bridgehead atoms. The van der Waals surface area contributed by atoms with Crippen LogP contribution in [0.3, 0.4) is 0 Å². The van der Waals surface area contributed by atoms with Gasteiger partial charge < -0.3 is 10.6 Å². The van der Waals surface area contributed by atoms with Crippen LogP contribution < -0.4 is 0 Å². The molecular weight excluding hydrogens is 227 g/mol. The van der Waals surface area contributed by atoms with Crippen LogP contribution >= 0.6 is 8.58 Å². The molecule has 0 aromatic rings. The topological polar surface area (TPSA) is 28.2 Å². The molecule has 0 spiro atoms. The van der Waals surface area contributed by atoms with Crippen molar-refractivity contribution in [3.8, 4) is 0 Å². The van der Waals surface area contributed by atoms with Crippen LogP contribution in [0.15, 0.2) is 0 Å². The van der Waals surface area contributed by atoms with Gasteiger partial charge in [0, 0.05) is 0 Å². The van der Waals surface area contributed by atoms with Crippen molar-refractivity contribution in [1.82, 2.24) is 0 Å². The molecule has 2 aliphatic rings. The van der Waals surface area contributed by atoms with Crippen molar-refractivity contribution >= 4 is 8.58 Å². The molecule has 17 heavy (non-hydrogen) atoms. The zero-order chi connectivity index (χ0) is 11.8. The number of hydrogen-bond acceptors (Lipinski definition) is 0. The molecule has 0 amide bonds. The molecule has 2 saturated heterocycles. The second-order valence-corrected chi connectivity index (χ2v) is 7.89. The maximum Gasteiger partial charge on any atom is 0.0654 e. The van der Waals surface area contributed by atoms with E-state index in [1.807, 2.05) is 0 Å². The Bertz CT molecular complexity index is 163. The molecule has 2 rings (SSSR count). The van der Waals surface area contributed by atoms with E-state index in [1.165, 1.54) is 51.4 Å². The predicted octanol–water partition coefficient (Wildman–Crippen LogP) is 4.03. The molecule has 2 heterocycles. The van der Waals surface area contributed by atoms with Gasteiger partial charge in [0.25, 0.3) is 0 Å². The molecule has 0 N–H and O–H groups in total. The van der Waals surface area contributed by atoms with Gasteiger partial charge in [-0.1, -0.05) is 25.7 Å². The maximum atomic E-state index is 4.65. The Kier molecular flexibility index (Phi) is 6.85. The quantitative estimate of drug-likeness (QED) is 0.585. The Labute approximate surface area is 108 Å². The van der Waals surface area contributed by atoms with E-state index >= 15 is 0 Å².